The molecule has 0 spiro atoms. The quantitative estimate of drug-likeness (QED) is 0.822. The highest BCUT2D eigenvalue weighted by molar-refractivity contribution is 7.80. The molecule has 19 heavy (non-hydrogen) atoms. The van der Waals surface area contributed by atoms with E-state index in [2.05, 4.69) is 9.97 Å². The highest BCUT2D eigenvalue weighted by Crippen LogP contribution is 2.11. The Balaban J connectivity index is 2.68. The Labute approximate surface area is 115 Å². The second-order valence-electron chi connectivity index (χ2n) is 5.08. The summed E-state index contributed by atoms with van der Waals surface area (Å²) >= 11 is 4.91. The van der Waals surface area contributed by atoms with Gasteiger partial charge >= 0.3 is 0 Å². The summed E-state index contributed by atoms with van der Waals surface area (Å²) in [4.78, 5) is 20.7. The van der Waals surface area contributed by atoms with Crippen LogP contribution in [0.25, 0.3) is 5.82 Å². The van der Waals surface area contributed by atoms with Gasteiger partial charge in [0.25, 0.3) is 5.56 Å². The van der Waals surface area contributed by atoms with E-state index in [0.29, 0.717) is 5.82 Å². The summed E-state index contributed by atoms with van der Waals surface area (Å²) in [5, 5.41) is 0. The van der Waals surface area contributed by atoms with Gasteiger partial charge in [-0.25, -0.2) is 9.97 Å². The van der Waals surface area contributed by atoms with E-state index >= 15 is 0 Å². The average molecular weight is 277 g/mol. The third-order valence-corrected chi connectivity index (χ3v) is 2.82. The van der Waals surface area contributed by atoms with Crippen LogP contribution in [0.5, 0.6) is 0 Å². The smallest absolute Gasteiger partial charge is 0.294 e. The molecule has 2 rings (SSSR count). The minimum Gasteiger partial charge on any atom is -0.387 e. The van der Waals surface area contributed by atoms with Crippen LogP contribution in [0.15, 0.2) is 29.6 Å². The van der Waals surface area contributed by atoms with E-state index in [9.17, 15) is 4.79 Å². The normalized spacial score (nSPS) is 11.5. The highest BCUT2D eigenvalue weighted by Gasteiger charge is 2.19. The zero-order valence-corrected chi connectivity index (χ0v) is 11.8. The van der Waals surface area contributed by atoms with Crippen LogP contribution in [0.3, 0.4) is 0 Å². The van der Waals surface area contributed by atoms with Crippen LogP contribution in [-0.4, -0.2) is 24.1 Å². The zero-order valence-electron chi connectivity index (χ0n) is 11.0. The van der Waals surface area contributed by atoms with Gasteiger partial charge < -0.3 is 10.3 Å². The molecule has 0 fully saturated rings. The molecule has 0 radical (unpaired) electrons. The Morgan fingerprint density at radius 2 is 1.89 bits per heavy atom. The predicted octanol–water partition coefficient (Wildman–Crippen LogP) is 0.818. The molecule has 0 bridgehead atoms. The van der Waals surface area contributed by atoms with Gasteiger partial charge in [0.15, 0.2) is 5.82 Å². The summed E-state index contributed by atoms with van der Waals surface area (Å²) in [5.74, 6) is 0.587. The van der Waals surface area contributed by atoms with Crippen LogP contribution in [0.2, 0.25) is 0 Å². The zero-order chi connectivity index (χ0) is 14.2. The third kappa shape index (κ3) is 2.41. The first kappa shape index (κ1) is 13.4. The van der Waals surface area contributed by atoms with Crippen molar-refractivity contribution in [2.75, 3.05) is 0 Å². The van der Waals surface area contributed by atoms with Crippen LogP contribution in [-0.2, 0) is 5.54 Å². The molecule has 100 valence electrons. The molecule has 7 heteroatoms. The lowest BCUT2D eigenvalue weighted by Crippen LogP contribution is -2.36. The van der Waals surface area contributed by atoms with E-state index in [1.165, 1.54) is 10.8 Å². The molecule has 0 aliphatic heterocycles. The Morgan fingerprint density at radius 3 is 2.47 bits per heavy atom. The molecular formula is C12H15N5OS. The number of nitrogens with zero attached hydrogens (tertiary/aromatic N) is 4. The van der Waals surface area contributed by atoms with Crippen molar-refractivity contribution in [3.8, 4) is 5.82 Å². The first-order chi connectivity index (χ1) is 8.82. The van der Waals surface area contributed by atoms with E-state index in [0.717, 1.165) is 0 Å². The fraction of sp³-hybridized carbons (Fsp3) is 0.333. The van der Waals surface area contributed by atoms with Crippen molar-refractivity contribution in [3.63, 3.8) is 0 Å². The molecule has 0 atom stereocenters. The topological polar surface area (TPSA) is 78.7 Å². The summed E-state index contributed by atoms with van der Waals surface area (Å²) in [6, 6.07) is 0. The van der Waals surface area contributed by atoms with Crippen molar-refractivity contribution in [1.82, 2.24) is 19.1 Å². The lowest BCUT2D eigenvalue weighted by molar-refractivity contribution is 0.381. The molecule has 2 heterocycles. The monoisotopic (exact) mass is 277 g/mol. The van der Waals surface area contributed by atoms with E-state index < -0.39 is 0 Å². The number of rotatable bonds is 2. The van der Waals surface area contributed by atoms with E-state index in [-0.39, 0.29) is 21.9 Å². The molecule has 0 aliphatic rings. The van der Waals surface area contributed by atoms with Gasteiger partial charge in [-0.15, -0.1) is 0 Å². The van der Waals surface area contributed by atoms with Crippen molar-refractivity contribution < 1.29 is 0 Å². The standard InChI is InChI=1S/C12H15N5OS/c1-12(2,3)17-7-5-15-10(11(17)18)16-6-4-14-9(16)8(13)19/h4-7H,1-3H3,(H2,13,19). The second kappa shape index (κ2) is 4.58. The SMILES string of the molecule is CC(C)(C)n1ccnc(-n2ccnc2C(N)=S)c1=O. The first-order valence-corrected chi connectivity index (χ1v) is 6.15. The Bertz CT molecular complexity index is 680. The van der Waals surface area contributed by atoms with Crippen molar-refractivity contribution in [2.24, 2.45) is 5.73 Å². The van der Waals surface area contributed by atoms with E-state index in [4.69, 9.17) is 18.0 Å². The van der Waals surface area contributed by atoms with Crippen LogP contribution in [0, 0.1) is 0 Å². The maximum absolute atomic E-state index is 12.5. The fourth-order valence-electron chi connectivity index (χ4n) is 1.75. The minimum absolute atomic E-state index is 0.123. The van der Waals surface area contributed by atoms with Gasteiger partial charge in [-0.1, -0.05) is 12.2 Å². The lowest BCUT2D eigenvalue weighted by Gasteiger charge is -2.22. The molecule has 2 N–H and O–H groups in total. The molecule has 0 unspecified atom stereocenters. The summed E-state index contributed by atoms with van der Waals surface area (Å²) in [5.41, 5.74) is 5.03. The maximum Gasteiger partial charge on any atom is 0.294 e. The number of nitrogens with two attached hydrogens (primary N) is 1. The molecular weight excluding hydrogens is 262 g/mol. The minimum atomic E-state index is -0.335. The average Bonchev–Trinajstić information content (AvgIpc) is 2.76. The first-order valence-electron chi connectivity index (χ1n) is 5.74. The van der Waals surface area contributed by atoms with Crippen molar-refractivity contribution in [2.45, 2.75) is 26.3 Å². The second-order valence-corrected chi connectivity index (χ2v) is 5.52. The van der Waals surface area contributed by atoms with Gasteiger partial charge in [-0.3, -0.25) is 9.36 Å². The number of aromatic nitrogens is 4. The summed E-state index contributed by atoms with van der Waals surface area (Å²) < 4.78 is 3.12. The van der Waals surface area contributed by atoms with Crippen LogP contribution in [0.1, 0.15) is 26.6 Å². The number of imidazole rings is 1. The molecule has 2 aromatic rings. The summed E-state index contributed by atoms with van der Waals surface area (Å²) in [6.07, 6.45) is 6.38. The Kier molecular flexibility index (Phi) is 3.23. The summed E-state index contributed by atoms with van der Waals surface area (Å²) in [6.45, 7) is 5.84. The molecule has 6 nitrogen and oxygen atoms in total. The fourth-order valence-corrected chi connectivity index (χ4v) is 1.90. The van der Waals surface area contributed by atoms with Crippen molar-refractivity contribution in [1.29, 1.82) is 0 Å². The highest BCUT2D eigenvalue weighted by atomic mass is 32.1. The molecule has 0 saturated heterocycles. The van der Waals surface area contributed by atoms with Crippen LogP contribution in [0.4, 0.5) is 0 Å². The van der Waals surface area contributed by atoms with Crippen molar-refractivity contribution >= 4 is 17.2 Å². The van der Waals surface area contributed by atoms with Gasteiger partial charge in [0.05, 0.1) is 0 Å². The third-order valence-electron chi connectivity index (χ3n) is 2.63. The van der Waals surface area contributed by atoms with Gasteiger partial charge in [-0.2, -0.15) is 0 Å². The lowest BCUT2D eigenvalue weighted by atomic mass is 10.1. The predicted molar refractivity (Wildman–Crippen MR) is 76.5 cm³/mol. The number of thiocarbonyl (C=S) groups is 1. The largest absolute Gasteiger partial charge is 0.387 e. The van der Waals surface area contributed by atoms with Crippen LogP contribution >= 0.6 is 12.2 Å². The van der Waals surface area contributed by atoms with Crippen LogP contribution < -0.4 is 11.3 Å². The van der Waals surface area contributed by atoms with Gasteiger partial charge in [0.1, 0.15) is 4.99 Å². The maximum atomic E-state index is 12.5. The molecule has 0 aliphatic carbocycles. The number of hydrogen-bond donors (Lipinski definition) is 1. The molecule has 0 saturated carbocycles. The Hall–Kier alpha value is -2.02. The molecule has 0 aromatic carbocycles. The van der Waals surface area contributed by atoms with E-state index in [1.807, 2.05) is 20.8 Å². The van der Waals surface area contributed by atoms with Crippen molar-refractivity contribution in [3.05, 3.63) is 41.0 Å². The molecule has 0 amide bonds. The van der Waals surface area contributed by atoms with Gasteiger partial charge in [-0.05, 0) is 20.8 Å². The van der Waals surface area contributed by atoms with E-state index in [1.54, 1.807) is 23.2 Å². The summed E-state index contributed by atoms with van der Waals surface area (Å²) in [7, 11) is 0. The van der Waals surface area contributed by atoms with Gasteiger partial charge in [0.2, 0.25) is 5.82 Å². The molecule has 2 aromatic heterocycles. The Morgan fingerprint density at radius 1 is 1.26 bits per heavy atom. The van der Waals surface area contributed by atoms with Gasteiger partial charge in [0, 0.05) is 30.3 Å². The number of hydrogen-bond acceptors (Lipinski definition) is 4.